The Bertz CT molecular complexity index is 1190. The average molecular weight is 402 g/mol. The molecular formula is C23H18N2O5. The molecular weight excluding hydrogens is 384 g/mol. The quantitative estimate of drug-likeness (QED) is 0.534. The van der Waals surface area contributed by atoms with E-state index in [0.29, 0.717) is 10.5 Å². The molecule has 0 spiro atoms. The number of nitrogens with zero attached hydrogens (tertiary/aromatic N) is 2. The van der Waals surface area contributed by atoms with Gasteiger partial charge in [0.2, 0.25) is 0 Å². The van der Waals surface area contributed by atoms with Crippen molar-refractivity contribution in [2.24, 2.45) is 0 Å². The highest BCUT2D eigenvalue weighted by molar-refractivity contribution is 6.22. The van der Waals surface area contributed by atoms with Crippen molar-refractivity contribution in [2.75, 3.05) is 6.54 Å². The Morgan fingerprint density at radius 2 is 1.53 bits per heavy atom. The highest BCUT2D eigenvalue weighted by Gasteiger charge is 2.58. The van der Waals surface area contributed by atoms with Gasteiger partial charge in [0.1, 0.15) is 12.1 Å². The van der Waals surface area contributed by atoms with E-state index in [1.54, 1.807) is 48.5 Å². The summed E-state index contributed by atoms with van der Waals surface area (Å²) in [5, 5.41) is 11.0. The summed E-state index contributed by atoms with van der Waals surface area (Å²) in [6, 6.07) is 19.7. The first-order valence-corrected chi connectivity index (χ1v) is 9.30. The van der Waals surface area contributed by atoms with Crippen molar-refractivity contribution >= 4 is 34.6 Å². The van der Waals surface area contributed by atoms with Crippen LogP contribution in [0.4, 0.5) is 4.79 Å². The number of aliphatic carboxylic acids is 1. The molecule has 150 valence electrons. The van der Waals surface area contributed by atoms with E-state index in [1.165, 1.54) is 6.92 Å². The van der Waals surface area contributed by atoms with Crippen LogP contribution in [-0.2, 0) is 15.1 Å². The average Bonchev–Trinajstić information content (AvgIpc) is 2.94. The SMILES string of the molecule is CC1(c2ccccc2)C(=O)N(C(=O)c2ccc3ccccc3c2)C(=O)N1CC(=O)O. The monoisotopic (exact) mass is 402 g/mol. The topological polar surface area (TPSA) is 95.0 Å². The van der Waals surface area contributed by atoms with E-state index < -0.39 is 35.9 Å². The van der Waals surface area contributed by atoms with Gasteiger partial charge in [-0.1, -0.05) is 60.7 Å². The molecule has 4 rings (SSSR count). The number of carboxylic acids is 1. The lowest BCUT2D eigenvalue weighted by Gasteiger charge is -2.30. The molecule has 1 aliphatic heterocycles. The van der Waals surface area contributed by atoms with Crippen LogP contribution in [0.2, 0.25) is 0 Å². The predicted molar refractivity (Wildman–Crippen MR) is 109 cm³/mol. The normalized spacial score (nSPS) is 18.8. The zero-order chi connectivity index (χ0) is 21.5. The highest BCUT2D eigenvalue weighted by Crippen LogP contribution is 2.37. The molecule has 30 heavy (non-hydrogen) atoms. The number of hydrogen-bond donors (Lipinski definition) is 1. The number of benzene rings is 3. The first-order valence-electron chi connectivity index (χ1n) is 9.30. The van der Waals surface area contributed by atoms with Crippen LogP contribution in [0.1, 0.15) is 22.8 Å². The van der Waals surface area contributed by atoms with Crippen LogP contribution >= 0.6 is 0 Å². The van der Waals surface area contributed by atoms with Crippen LogP contribution in [0.25, 0.3) is 10.8 Å². The Labute approximate surface area is 172 Å². The number of carbonyl (C=O) groups is 4. The number of rotatable bonds is 4. The minimum atomic E-state index is -1.61. The fourth-order valence-electron chi connectivity index (χ4n) is 3.77. The minimum absolute atomic E-state index is 0.169. The van der Waals surface area contributed by atoms with Gasteiger partial charge in [0.15, 0.2) is 0 Å². The minimum Gasteiger partial charge on any atom is -0.480 e. The number of fused-ring (bicyclic) bond motifs is 1. The van der Waals surface area contributed by atoms with Crippen molar-refractivity contribution in [3.63, 3.8) is 0 Å². The summed E-state index contributed by atoms with van der Waals surface area (Å²) in [5.74, 6) is -2.85. The van der Waals surface area contributed by atoms with E-state index >= 15 is 0 Å². The number of hydrogen-bond acceptors (Lipinski definition) is 4. The molecule has 1 N–H and O–H groups in total. The number of amides is 4. The maximum atomic E-state index is 13.4. The Hall–Kier alpha value is -4.00. The molecule has 1 heterocycles. The van der Waals surface area contributed by atoms with E-state index in [1.807, 2.05) is 24.3 Å². The summed E-state index contributed by atoms with van der Waals surface area (Å²) in [4.78, 5) is 52.5. The third-order valence-electron chi connectivity index (χ3n) is 5.41. The first-order chi connectivity index (χ1) is 14.3. The lowest BCUT2D eigenvalue weighted by atomic mass is 9.90. The lowest BCUT2D eigenvalue weighted by Crippen LogP contribution is -2.46. The molecule has 1 fully saturated rings. The fourth-order valence-corrected chi connectivity index (χ4v) is 3.77. The largest absolute Gasteiger partial charge is 0.480 e. The highest BCUT2D eigenvalue weighted by atomic mass is 16.4. The van der Waals surface area contributed by atoms with Crippen LogP contribution in [0.3, 0.4) is 0 Å². The second-order valence-electron chi connectivity index (χ2n) is 7.21. The molecule has 0 bridgehead atoms. The number of imide groups is 3. The molecule has 0 saturated carbocycles. The van der Waals surface area contributed by atoms with Crippen molar-refractivity contribution < 1.29 is 24.3 Å². The molecule has 0 aromatic heterocycles. The lowest BCUT2D eigenvalue weighted by molar-refractivity contribution is -0.139. The van der Waals surface area contributed by atoms with Gasteiger partial charge in [-0.2, -0.15) is 4.90 Å². The summed E-state index contributed by atoms with van der Waals surface area (Å²) in [5.41, 5.74) is -1.01. The first kappa shape index (κ1) is 19.3. The van der Waals surface area contributed by atoms with Crippen LogP contribution in [0.15, 0.2) is 72.8 Å². The molecule has 0 radical (unpaired) electrons. The van der Waals surface area contributed by atoms with Crippen LogP contribution in [0, 0.1) is 0 Å². The molecule has 3 aromatic carbocycles. The second kappa shape index (κ2) is 7.11. The summed E-state index contributed by atoms with van der Waals surface area (Å²) in [6.45, 7) is 0.747. The van der Waals surface area contributed by atoms with E-state index in [9.17, 15) is 24.3 Å². The molecule has 0 aliphatic carbocycles. The van der Waals surface area contributed by atoms with Crippen LogP contribution in [0.5, 0.6) is 0 Å². The van der Waals surface area contributed by atoms with Crippen molar-refractivity contribution in [2.45, 2.75) is 12.5 Å². The Morgan fingerprint density at radius 1 is 0.900 bits per heavy atom. The maximum absolute atomic E-state index is 13.4. The van der Waals surface area contributed by atoms with Gasteiger partial charge < -0.3 is 5.11 Å². The van der Waals surface area contributed by atoms with Crippen molar-refractivity contribution in [1.82, 2.24) is 9.80 Å². The second-order valence-corrected chi connectivity index (χ2v) is 7.21. The van der Waals surface area contributed by atoms with Gasteiger partial charge in [-0.15, -0.1) is 0 Å². The number of carboxylic acid groups (broad SMARTS) is 1. The van der Waals surface area contributed by atoms with E-state index in [4.69, 9.17) is 0 Å². The number of urea groups is 1. The summed E-state index contributed by atoms with van der Waals surface area (Å²) < 4.78 is 0. The Balaban J connectivity index is 1.79. The van der Waals surface area contributed by atoms with Crippen molar-refractivity contribution in [1.29, 1.82) is 0 Å². The van der Waals surface area contributed by atoms with Gasteiger partial charge in [0.25, 0.3) is 11.8 Å². The van der Waals surface area contributed by atoms with E-state index in [-0.39, 0.29) is 5.56 Å². The van der Waals surface area contributed by atoms with Crippen molar-refractivity contribution in [3.8, 4) is 0 Å². The standard InChI is InChI=1S/C23H18N2O5/c1-23(18-9-3-2-4-10-18)21(29)25(22(30)24(23)14-19(26)27)20(28)17-12-11-15-7-5-6-8-16(15)13-17/h2-13H,14H2,1H3,(H,26,27). The third-order valence-corrected chi connectivity index (χ3v) is 5.41. The Morgan fingerprint density at radius 3 is 2.20 bits per heavy atom. The van der Waals surface area contributed by atoms with Gasteiger partial charge >= 0.3 is 12.0 Å². The molecule has 1 saturated heterocycles. The maximum Gasteiger partial charge on any atom is 0.335 e. The van der Waals surface area contributed by atoms with Crippen molar-refractivity contribution in [3.05, 3.63) is 83.9 Å². The van der Waals surface area contributed by atoms with Gasteiger partial charge in [-0.3, -0.25) is 19.3 Å². The van der Waals surface area contributed by atoms with Crippen LogP contribution < -0.4 is 0 Å². The molecule has 1 atom stereocenters. The van der Waals surface area contributed by atoms with Gasteiger partial charge in [-0.05, 0) is 35.4 Å². The number of carbonyl (C=O) groups excluding carboxylic acids is 3. The molecule has 1 aliphatic rings. The Kier molecular flexibility index (Phi) is 4.58. The molecule has 3 aromatic rings. The third kappa shape index (κ3) is 2.91. The summed E-state index contributed by atoms with van der Waals surface area (Å²) >= 11 is 0. The van der Waals surface area contributed by atoms with E-state index in [2.05, 4.69) is 0 Å². The summed E-state index contributed by atoms with van der Waals surface area (Å²) in [6.07, 6.45) is 0. The zero-order valence-electron chi connectivity index (χ0n) is 16.1. The smallest absolute Gasteiger partial charge is 0.335 e. The molecule has 1 unspecified atom stereocenters. The van der Waals surface area contributed by atoms with Gasteiger partial charge in [0.05, 0.1) is 0 Å². The zero-order valence-corrected chi connectivity index (χ0v) is 16.1. The molecule has 4 amide bonds. The van der Waals surface area contributed by atoms with Crippen LogP contribution in [-0.4, -0.2) is 45.3 Å². The fraction of sp³-hybridized carbons (Fsp3) is 0.130. The van der Waals surface area contributed by atoms with Gasteiger partial charge in [0, 0.05) is 5.56 Å². The molecule has 7 nitrogen and oxygen atoms in total. The summed E-state index contributed by atoms with van der Waals surface area (Å²) in [7, 11) is 0. The predicted octanol–water partition coefficient (Wildman–Crippen LogP) is 3.24. The molecule has 7 heteroatoms. The van der Waals surface area contributed by atoms with Gasteiger partial charge in [-0.25, -0.2) is 4.79 Å². The van der Waals surface area contributed by atoms with E-state index in [0.717, 1.165) is 15.7 Å².